The molecule has 1 fully saturated rings. The quantitative estimate of drug-likeness (QED) is 0.364. The number of carbonyl (C=O) groups excluding carboxylic acids is 2. The van der Waals surface area contributed by atoms with E-state index in [0.717, 1.165) is 19.6 Å². The number of rotatable bonds is 7. The molecule has 0 bridgehead atoms. The van der Waals surface area contributed by atoms with E-state index >= 15 is 0 Å². The van der Waals surface area contributed by atoms with Crippen molar-refractivity contribution >= 4 is 34.5 Å². The first kappa shape index (κ1) is 25.2. The Kier molecular flexibility index (Phi) is 6.62. The van der Waals surface area contributed by atoms with Gasteiger partial charge in [0, 0.05) is 17.7 Å². The lowest BCUT2D eigenvalue weighted by atomic mass is 10.1. The lowest BCUT2D eigenvalue weighted by Gasteiger charge is -2.36. The zero-order valence-electron chi connectivity index (χ0n) is 21.5. The van der Waals surface area contributed by atoms with E-state index < -0.39 is 17.6 Å². The normalized spacial score (nSPS) is 19.4. The van der Waals surface area contributed by atoms with Crippen LogP contribution in [0.3, 0.4) is 0 Å². The number of benzene rings is 3. The summed E-state index contributed by atoms with van der Waals surface area (Å²) in [7, 11) is 0. The maximum Gasteiger partial charge on any atom is 0.262 e. The molecule has 2 amide bonds. The lowest BCUT2D eigenvalue weighted by molar-refractivity contribution is -0.116. The van der Waals surface area contributed by atoms with Gasteiger partial charge >= 0.3 is 0 Å². The number of piperidine rings is 1. The Hall–Kier alpha value is -4.08. The van der Waals surface area contributed by atoms with Crippen LogP contribution >= 0.6 is 0 Å². The summed E-state index contributed by atoms with van der Waals surface area (Å²) < 4.78 is 15.3. The second kappa shape index (κ2) is 10.2. The fourth-order valence-corrected chi connectivity index (χ4v) is 5.71. The van der Waals surface area contributed by atoms with Gasteiger partial charge < -0.3 is 10.0 Å². The molecule has 1 atom stereocenters. The zero-order valence-corrected chi connectivity index (χ0v) is 21.5. The van der Waals surface area contributed by atoms with Gasteiger partial charge in [-0.2, -0.15) is 0 Å². The average molecular weight is 528 g/mol. The van der Waals surface area contributed by atoms with Gasteiger partial charge in [-0.15, -0.1) is 0 Å². The van der Waals surface area contributed by atoms with Gasteiger partial charge in [0.1, 0.15) is 5.82 Å². The molecular weight excluding hydrogens is 497 g/mol. The Balaban J connectivity index is 1.40. The highest BCUT2D eigenvalue weighted by Crippen LogP contribution is 2.44. The van der Waals surface area contributed by atoms with Gasteiger partial charge in [0.25, 0.3) is 11.8 Å². The number of carbonyl (C=O) groups is 2. The third-order valence-electron chi connectivity index (χ3n) is 7.57. The highest BCUT2D eigenvalue weighted by atomic mass is 19.1. The summed E-state index contributed by atoms with van der Waals surface area (Å²) in [6, 6.07) is 19.3. The van der Waals surface area contributed by atoms with Crippen molar-refractivity contribution in [3.63, 3.8) is 0 Å². The van der Waals surface area contributed by atoms with Gasteiger partial charge in [-0.25, -0.2) is 9.37 Å². The predicted octanol–water partition coefficient (Wildman–Crippen LogP) is 4.69. The lowest BCUT2D eigenvalue weighted by Crippen LogP contribution is -2.50. The van der Waals surface area contributed by atoms with Crippen molar-refractivity contribution in [2.24, 2.45) is 0 Å². The number of hydrogen-bond acceptors (Lipinski definition) is 5. The van der Waals surface area contributed by atoms with Gasteiger partial charge in [0.15, 0.2) is 0 Å². The molecule has 1 saturated heterocycles. The first-order chi connectivity index (χ1) is 19.0. The SMILES string of the molecule is O=C(CCCN1CCCCC1)Nc1nc2ccccc2n1C1(O)c2ccccc2C(=O)N1c1ccc(F)cc1. The fraction of sp³-hybridized carbons (Fsp3) is 0.300. The molecule has 6 rings (SSSR count). The minimum Gasteiger partial charge on any atom is -0.349 e. The van der Waals surface area contributed by atoms with E-state index in [4.69, 9.17) is 0 Å². The molecule has 1 aromatic heterocycles. The molecule has 39 heavy (non-hydrogen) atoms. The third-order valence-corrected chi connectivity index (χ3v) is 7.57. The third kappa shape index (κ3) is 4.47. The van der Waals surface area contributed by atoms with Gasteiger partial charge in [-0.3, -0.25) is 24.4 Å². The largest absolute Gasteiger partial charge is 0.349 e. The van der Waals surface area contributed by atoms with Gasteiger partial charge in [0.2, 0.25) is 11.9 Å². The Morgan fingerprint density at radius 1 is 0.974 bits per heavy atom. The zero-order chi connectivity index (χ0) is 27.0. The number of amides is 2. The Labute approximate surface area is 225 Å². The molecule has 0 aliphatic carbocycles. The van der Waals surface area contributed by atoms with Crippen molar-refractivity contribution in [1.29, 1.82) is 0 Å². The van der Waals surface area contributed by atoms with Crippen LogP contribution in [0.15, 0.2) is 72.8 Å². The second-order valence-electron chi connectivity index (χ2n) is 10.1. The smallest absolute Gasteiger partial charge is 0.262 e. The van der Waals surface area contributed by atoms with Gasteiger partial charge in [-0.05, 0) is 81.4 Å². The van der Waals surface area contributed by atoms with Crippen molar-refractivity contribution in [1.82, 2.24) is 14.5 Å². The van der Waals surface area contributed by atoms with Crippen molar-refractivity contribution in [3.05, 3.63) is 89.7 Å². The van der Waals surface area contributed by atoms with E-state index in [1.54, 1.807) is 42.5 Å². The van der Waals surface area contributed by atoms with Crippen LogP contribution in [0.25, 0.3) is 11.0 Å². The summed E-state index contributed by atoms with van der Waals surface area (Å²) in [4.78, 5) is 35.1. The second-order valence-corrected chi connectivity index (χ2v) is 10.1. The van der Waals surface area contributed by atoms with Crippen molar-refractivity contribution in [3.8, 4) is 0 Å². The van der Waals surface area contributed by atoms with Gasteiger partial charge in [-0.1, -0.05) is 36.8 Å². The molecule has 3 heterocycles. The standard InChI is InChI=1S/C30H30FN5O3/c31-21-14-16-22(17-15-21)35-28(38)23-9-2-3-10-24(23)30(35,39)36-26-12-5-4-11-25(26)32-29(36)33-27(37)13-8-20-34-18-6-1-7-19-34/h2-5,9-12,14-17,39H,1,6-8,13,18-20H2,(H,32,33,37). The summed E-state index contributed by atoms with van der Waals surface area (Å²) in [5.74, 6) is -3.08. The summed E-state index contributed by atoms with van der Waals surface area (Å²) in [6.45, 7) is 2.99. The molecule has 0 saturated carbocycles. The molecule has 8 nitrogen and oxygen atoms in total. The predicted molar refractivity (Wildman–Crippen MR) is 147 cm³/mol. The molecular formula is C30H30FN5O3. The van der Waals surface area contributed by atoms with E-state index in [9.17, 15) is 19.1 Å². The Bertz CT molecular complexity index is 1530. The molecule has 2 N–H and O–H groups in total. The number of nitrogens with one attached hydrogen (secondary N) is 1. The average Bonchev–Trinajstić information content (AvgIpc) is 3.42. The van der Waals surface area contributed by atoms with Crippen LogP contribution in [0.4, 0.5) is 16.0 Å². The molecule has 4 aromatic rings. The van der Waals surface area contributed by atoms with Crippen LogP contribution in [0.5, 0.6) is 0 Å². The molecule has 3 aromatic carbocycles. The highest BCUT2D eigenvalue weighted by molar-refractivity contribution is 6.12. The number of likely N-dealkylation sites (tertiary alicyclic amines) is 1. The van der Waals surface area contributed by atoms with Crippen LogP contribution in [0.2, 0.25) is 0 Å². The molecule has 0 spiro atoms. The topological polar surface area (TPSA) is 90.7 Å². The van der Waals surface area contributed by atoms with Crippen LogP contribution in [0.1, 0.15) is 48.0 Å². The first-order valence-electron chi connectivity index (χ1n) is 13.4. The minimum absolute atomic E-state index is 0.123. The van der Waals surface area contributed by atoms with E-state index in [1.165, 1.54) is 53.0 Å². The number of aromatic nitrogens is 2. The molecule has 9 heteroatoms. The van der Waals surface area contributed by atoms with Crippen LogP contribution in [-0.4, -0.2) is 51.0 Å². The number of fused-ring (bicyclic) bond motifs is 2. The van der Waals surface area contributed by atoms with Gasteiger partial charge in [0.05, 0.1) is 16.6 Å². The van der Waals surface area contributed by atoms with E-state index in [0.29, 0.717) is 40.7 Å². The summed E-state index contributed by atoms with van der Waals surface area (Å²) in [5, 5.41) is 15.5. The number of nitrogens with zero attached hydrogens (tertiary/aromatic N) is 4. The fourth-order valence-electron chi connectivity index (χ4n) is 5.71. The minimum atomic E-state index is -2.07. The summed E-state index contributed by atoms with van der Waals surface area (Å²) in [5.41, 5.74) is 2.02. The maximum atomic E-state index is 13.8. The van der Waals surface area contributed by atoms with E-state index in [1.807, 2.05) is 6.07 Å². The van der Waals surface area contributed by atoms with Crippen molar-refractivity contribution in [2.45, 2.75) is 38.0 Å². The molecule has 1 unspecified atom stereocenters. The summed E-state index contributed by atoms with van der Waals surface area (Å²) >= 11 is 0. The molecule has 0 radical (unpaired) electrons. The van der Waals surface area contributed by atoms with Crippen LogP contribution in [0, 0.1) is 5.82 Å². The van der Waals surface area contributed by atoms with Crippen molar-refractivity contribution in [2.75, 3.05) is 29.9 Å². The Morgan fingerprint density at radius 3 is 2.49 bits per heavy atom. The number of halogens is 1. The molecule has 2 aliphatic heterocycles. The number of imidazole rings is 1. The van der Waals surface area contributed by atoms with Crippen LogP contribution in [-0.2, 0) is 10.6 Å². The number of para-hydroxylation sites is 2. The van der Waals surface area contributed by atoms with Crippen LogP contribution < -0.4 is 10.2 Å². The number of hydrogen-bond donors (Lipinski definition) is 2. The molecule has 2 aliphatic rings. The van der Waals surface area contributed by atoms with E-state index in [-0.39, 0.29) is 11.9 Å². The van der Waals surface area contributed by atoms with Crippen molar-refractivity contribution < 1.29 is 19.1 Å². The number of aliphatic hydroxyl groups is 1. The summed E-state index contributed by atoms with van der Waals surface area (Å²) in [6.07, 6.45) is 4.66. The maximum absolute atomic E-state index is 13.8. The Morgan fingerprint density at radius 2 is 1.69 bits per heavy atom. The number of anilines is 2. The monoisotopic (exact) mass is 527 g/mol. The van der Waals surface area contributed by atoms with E-state index in [2.05, 4.69) is 15.2 Å². The molecule has 200 valence electrons. The highest BCUT2D eigenvalue weighted by Gasteiger charge is 2.52. The first-order valence-corrected chi connectivity index (χ1v) is 13.4.